The quantitative estimate of drug-likeness (QED) is 0.0922. The fourth-order valence-corrected chi connectivity index (χ4v) is 10.3. The lowest BCUT2D eigenvalue weighted by Crippen LogP contribution is -2.68. The molecule has 0 bridgehead atoms. The largest absolute Gasteiger partial charge is 0.463 e. The number of thioether (sulfide) groups is 1. The first-order valence-corrected chi connectivity index (χ1v) is 25.6. The number of carbonyl (C=O) groups is 7. The maximum absolute atomic E-state index is 14.5. The van der Waals surface area contributed by atoms with Crippen LogP contribution >= 0.6 is 11.8 Å². The van der Waals surface area contributed by atoms with Gasteiger partial charge in [0.1, 0.15) is 36.5 Å². The Kier molecular flexibility index (Phi) is 19.1. The van der Waals surface area contributed by atoms with Crippen molar-refractivity contribution in [1.29, 1.82) is 0 Å². The van der Waals surface area contributed by atoms with Crippen molar-refractivity contribution in [3.05, 3.63) is 138 Å². The van der Waals surface area contributed by atoms with Crippen molar-refractivity contribution < 1.29 is 99.9 Å². The summed E-state index contributed by atoms with van der Waals surface area (Å²) in [5, 5.41) is 0. The van der Waals surface area contributed by atoms with E-state index in [1.54, 1.807) is 60.7 Å². The smallest absolute Gasteiger partial charge is 0.338 e. The van der Waals surface area contributed by atoms with Crippen molar-refractivity contribution >= 4 is 53.5 Å². The van der Waals surface area contributed by atoms with Crippen molar-refractivity contribution in [3.63, 3.8) is 0 Å². The van der Waals surface area contributed by atoms with E-state index in [1.807, 2.05) is 36.4 Å². The van der Waals surface area contributed by atoms with E-state index in [9.17, 15) is 33.6 Å². The minimum Gasteiger partial charge on any atom is -0.463 e. The molecule has 4 aromatic rings. The topological polar surface area (TPSA) is 249 Å². The van der Waals surface area contributed by atoms with Crippen LogP contribution in [0.25, 0.3) is 0 Å². The first-order valence-electron chi connectivity index (χ1n) is 24.7. The molecule has 0 saturated carbocycles. The second kappa shape index (κ2) is 26.1. The number of hydrogen-bond acceptors (Lipinski definition) is 22. The van der Waals surface area contributed by atoms with Crippen molar-refractivity contribution in [2.24, 2.45) is 0 Å². The monoisotopic (exact) mass is 1090 g/mol. The first-order chi connectivity index (χ1) is 37.0. The summed E-state index contributed by atoms with van der Waals surface area (Å²) < 4.78 is 87.9. The summed E-state index contributed by atoms with van der Waals surface area (Å²) in [6, 6.07) is 34.0. The lowest BCUT2D eigenvalue weighted by molar-refractivity contribution is -0.388. The van der Waals surface area contributed by atoms with E-state index < -0.39 is 146 Å². The molecule has 77 heavy (non-hydrogen) atoms. The third-order valence-corrected chi connectivity index (χ3v) is 13.6. The van der Waals surface area contributed by atoms with Gasteiger partial charge in [0, 0.05) is 45.1 Å². The third-order valence-electron chi connectivity index (χ3n) is 12.4. The van der Waals surface area contributed by atoms with Crippen LogP contribution in [0.2, 0.25) is 0 Å². The Hall–Kier alpha value is -6.76. The Bertz CT molecular complexity index is 2660. The summed E-state index contributed by atoms with van der Waals surface area (Å²) in [5.74, 6) is -6.03. The van der Waals surface area contributed by atoms with Gasteiger partial charge in [0.2, 0.25) is 0 Å². The molecule has 0 radical (unpaired) electrons. The molecule has 4 heterocycles. The number of fused-ring (bicyclic) bond motifs is 1. The molecule has 8 rings (SSSR count). The number of ether oxygens (including phenoxy) is 14. The molecule has 0 aromatic heterocycles. The molecular formula is C55H58O21S. The van der Waals surface area contributed by atoms with Crippen molar-refractivity contribution in [1.82, 2.24) is 0 Å². The maximum atomic E-state index is 14.5. The molecule has 0 N–H and O–H groups in total. The molecular weight excluding hydrogens is 1030 g/mol. The van der Waals surface area contributed by atoms with Gasteiger partial charge >= 0.3 is 41.8 Å². The highest BCUT2D eigenvalue weighted by Gasteiger charge is 2.60. The SMILES string of the molecule is CC(=O)OC[C@H]1O[C@@H](O[C@H]2[C@H](O[C@@H]3[C@@H](OC(C)=O)[C@H](Sc4ccccc4)O[C@@H]4COC(c5ccccc5)O[C@@H]34)O[C@@H](C)[C@H](OC(=O)c3ccccc3)[C@H]2OC(=O)c2ccccc2)[C@H](OC(C)=O)[C@@H](OC(C)=O)[C@@H]1OC(C)=O. The van der Waals surface area contributed by atoms with E-state index in [-0.39, 0.29) is 17.7 Å². The molecule has 1 unspecified atom stereocenters. The predicted molar refractivity (Wildman–Crippen MR) is 264 cm³/mol. The summed E-state index contributed by atoms with van der Waals surface area (Å²) in [7, 11) is 0. The Balaban J connectivity index is 1.28. The van der Waals surface area contributed by atoms with E-state index in [2.05, 4.69) is 0 Å². The Morgan fingerprint density at radius 1 is 0.481 bits per heavy atom. The van der Waals surface area contributed by atoms with Gasteiger partial charge in [0.15, 0.2) is 61.6 Å². The number of benzene rings is 4. The zero-order valence-electron chi connectivity index (χ0n) is 42.7. The summed E-state index contributed by atoms with van der Waals surface area (Å²) in [6.07, 6.45) is -22.4. The molecule has 22 heteroatoms. The van der Waals surface area contributed by atoms with E-state index in [4.69, 9.17) is 66.3 Å². The van der Waals surface area contributed by atoms with Crippen LogP contribution in [0.5, 0.6) is 0 Å². The molecule has 0 aliphatic carbocycles. The predicted octanol–water partition coefficient (Wildman–Crippen LogP) is 5.60. The summed E-state index contributed by atoms with van der Waals surface area (Å²) in [5.41, 5.74) is -0.182. The Morgan fingerprint density at radius 2 is 0.961 bits per heavy atom. The fourth-order valence-electron chi connectivity index (χ4n) is 9.19. The highest BCUT2D eigenvalue weighted by molar-refractivity contribution is 7.99. The molecule has 21 nitrogen and oxygen atoms in total. The summed E-state index contributed by atoms with van der Waals surface area (Å²) >= 11 is 1.23. The van der Waals surface area contributed by atoms with Gasteiger partial charge < -0.3 is 66.3 Å². The standard InChI is InChI=1S/C55H58O21S/c1-29-41(72-50(61)35-19-11-7-12-20-35)44(73-51(62)36-21-13-8-14-22-36)48(76-54-47(68-33(5)59)45(67-32(4)58)42(66-31(3)57)39(70-54)27-63-30(2)56)53(65-29)75-46-43-40(28-64-52(74-43)37-23-15-9-16-24-37)71-55(49(46)69-34(6)60)77-38-25-17-10-18-26-38/h7-26,29,39-49,52-55H,27-28H2,1-6H3/t29-,39+,40+,41-,42+,43+,44+,45-,46-,47+,48+,49+,52?,53-,54-,55-/m0/s1. The van der Waals surface area contributed by atoms with Gasteiger partial charge in [-0.25, -0.2) is 9.59 Å². The van der Waals surface area contributed by atoms with Crippen molar-refractivity contribution in [3.8, 4) is 0 Å². The summed E-state index contributed by atoms with van der Waals surface area (Å²) in [4.78, 5) is 93.6. The lowest BCUT2D eigenvalue weighted by Gasteiger charge is -2.52. The van der Waals surface area contributed by atoms with Gasteiger partial charge in [-0.3, -0.25) is 24.0 Å². The van der Waals surface area contributed by atoms with Gasteiger partial charge in [-0.2, -0.15) is 0 Å². The summed E-state index contributed by atoms with van der Waals surface area (Å²) in [6.45, 7) is 6.37. The number of rotatable bonds is 17. The molecule has 0 amide bonds. The van der Waals surface area contributed by atoms with Gasteiger partial charge in [-0.15, -0.1) is 0 Å². The number of carbonyl (C=O) groups excluding carboxylic acids is 7. The average molecular weight is 1090 g/mol. The van der Waals surface area contributed by atoms with E-state index in [0.717, 1.165) is 32.6 Å². The van der Waals surface area contributed by atoms with E-state index in [1.165, 1.54) is 49.9 Å². The van der Waals surface area contributed by atoms with E-state index >= 15 is 0 Å². The Morgan fingerprint density at radius 3 is 1.53 bits per heavy atom. The number of esters is 7. The van der Waals surface area contributed by atoms with Crippen LogP contribution in [-0.2, 0) is 90.3 Å². The zero-order chi connectivity index (χ0) is 54.8. The van der Waals surface area contributed by atoms with Crippen LogP contribution in [0.1, 0.15) is 74.1 Å². The molecule has 4 aliphatic rings. The molecule has 4 fully saturated rings. The molecule has 4 aromatic carbocycles. The van der Waals surface area contributed by atoms with E-state index in [0.29, 0.717) is 5.56 Å². The van der Waals surface area contributed by atoms with Gasteiger partial charge in [0.05, 0.1) is 23.8 Å². The maximum Gasteiger partial charge on any atom is 0.338 e. The highest BCUT2D eigenvalue weighted by atomic mass is 32.2. The van der Waals surface area contributed by atoms with Crippen LogP contribution in [0.15, 0.2) is 126 Å². The van der Waals surface area contributed by atoms with Crippen LogP contribution in [-0.4, -0.2) is 146 Å². The second-order valence-corrected chi connectivity index (χ2v) is 19.3. The normalized spacial score (nSPS) is 30.7. The van der Waals surface area contributed by atoms with Gasteiger partial charge in [-0.05, 0) is 43.3 Å². The first kappa shape index (κ1) is 56.4. The Labute approximate surface area is 447 Å². The third kappa shape index (κ3) is 14.4. The minimum absolute atomic E-state index is 0.0376. The molecule has 16 atom stereocenters. The molecule has 0 spiro atoms. The highest BCUT2D eigenvalue weighted by Crippen LogP contribution is 2.44. The van der Waals surface area contributed by atoms with Crippen molar-refractivity contribution in [2.45, 2.75) is 144 Å². The second-order valence-electron chi connectivity index (χ2n) is 18.2. The van der Waals surface area contributed by atoms with Crippen LogP contribution in [0, 0.1) is 0 Å². The minimum atomic E-state index is -1.94. The molecule has 410 valence electrons. The zero-order valence-corrected chi connectivity index (χ0v) is 43.5. The van der Waals surface area contributed by atoms with Crippen LogP contribution < -0.4 is 0 Å². The van der Waals surface area contributed by atoms with Gasteiger partial charge in [-0.1, -0.05) is 96.7 Å². The molecule has 4 aliphatic heterocycles. The van der Waals surface area contributed by atoms with Crippen LogP contribution in [0.3, 0.4) is 0 Å². The van der Waals surface area contributed by atoms with Gasteiger partial charge in [0.25, 0.3) is 0 Å². The average Bonchev–Trinajstić information content (AvgIpc) is 3.42. The fraction of sp³-hybridized carbons (Fsp3) is 0.436. The number of hydrogen-bond donors (Lipinski definition) is 0. The van der Waals surface area contributed by atoms with Crippen molar-refractivity contribution in [2.75, 3.05) is 13.2 Å². The molecule has 4 saturated heterocycles. The van der Waals surface area contributed by atoms with Crippen LogP contribution in [0.4, 0.5) is 0 Å². The lowest BCUT2D eigenvalue weighted by atomic mass is 9.95.